The summed E-state index contributed by atoms with van der Waals surface area (Å²) >= 11 is 0. The lowest BCUT2D eigenvalue weighted by Gasteiger charge is -2.54. The van der Waals surface area contributed by atoms with Crippen molar-refractivity contribution in [2.45, 2.75) is 38.0 Å². The summed E-state index contributed by atoms with van der Waals surface area (Å²) in [5, 5.41) is 18.7. The highest BCUT2D eigenvalue weighted by Gasteiger charge is 2.48. The maximum Gasteiger partial charge on any atom is 0.337 e. The van der Waals surface area contributed by atoms with Crippen LogP contribution in [0.5, 0.6) is 0 Å². The number of hydrogen-bond donors (Lipinski definition) is 2. The number of carboxylic acid groups (broad SMARTS) is 2. The zero-order chi connectivity index (χ0) is 20.8. The first kappa shape index (κ1) is 18.9. The molecule has 2 N–H and O–H groups in total. The number of hydrogen-bond acceptors (Lipinski definition) is 2. The van der Waals surface area contributed by atoms with E-state index in [0.717, 1.165) is 29.2 Å². The molecule has 4 aliphatic rings. The molecule has 4 saturated carbocycles. The van der Waals surface area contributed by atoms with Gasteiger partial charge in [-0.05, 0) is 91.5 Å². The fraction of sp³-hybridized carbons (Fsp3) is 0.385. The first-order chi connectivity index (χ1) is 14.5. The Morgan fingerprint density at radius 3 is 1.97 bits per heavy atom. The van der Waals surface area contributed by atoms with Gasteiger partial charge in [0.05, 0.1) is 11.1 Å². The fourth-order valence-electron chi connectivity index (χ4n) is 6.46. The van der Waals surface area contributed by atoms with E-state index in [0.29, 0.717) is 5.92 Å². The second-order valence-electron chi connectivity index (χ2n) is 9.17. The van der Waals surface area contributed by atoms with Crippen molar-refractivity contribution in [3.63, 3.8) is 0 Å². The van der Waals surface area contributed by atoms with Gasteiger partial charge in [-0.2, -0.15) is 0 Å². The van der Waals surface area contributed by atoms with Crippen molar-refractivity contribution in [3.8, 4) is 11.8 Å². The van der Waals surface area contributed by atoms with E-state index >= 15 is 0 Å². The van der Waals surface area contributed by atoms with Crippen molar-refractivity contribution < 1.29 is 19.8 Å². The summed E-state index contributed by atoms with van der Waals surface area (Å²) in [7, 11) is 0. The molecule has 0 atom stereocenters. The molecule has 4 aliphatic carbocycles. The fourth-order valence-corrected chi connectivity index (χ4v) is 6.46. The first-order valence-corrected chi connectivity index (χ1v) is 10.7. The molecular formula is C26H24O4. The number of benzene rings is 2. The van der Waals surface area contributed by atoms with E-state index in [1.807, 2.05) is 12.1 Å². The van der Waals surface area contributed by atoms with Crippen LogP contribution in [-0.2, 0) is 0 Å². The van der Waals surface area contributed by atoms with Crippen LogP contribution in [0.2, 0.25) is 0 Å². The predicted octanol–water partition coefficient (Wildman–Crippen LogP) is 5.02. The molecule has 4 fully saturated rings. The van der Waals surface area contributed by atoms with Gasteiger partial charge in [0.2, 0.25) is 0 Å². The second-order valence-corrected chi connectivity index (χ2v) is 9.17. The minimum Gasteiger partial charge on any atom is -0.478 e. The summed E-state index contributed by atoms with van der Waals surface area (Å²) in [6.45, 7) is 0. The number of carboxylic acids is 2. The molecule has 0 heterocycles. The lowest BCUT2D eigenvalue weighted by atomic mass is 9.51. The van der Waals surface area contributed by atoms with Gasteiger partial charge in [-0.25, -0.2) is 9.59 Å². The van der Waals surface area contributed by atoms with Crippen molar-refractivity contribution in [1.82, 2.24) is 0 Å². The van der Waals surface area contributed by atoms with Crippen LogP contribution in [0, 0.1) is 35.5 Å². The van der Waals surface area contributed by atoms with Gasteiger partial charge in [-0.15, -0.1) is 0 Å². The molecule has 0 radical (unpaired) electrons. The van der Waals surface area contributed by atoms with Crippen molar-refractivity contribution in [2.24, 2.45) is 23.7 Å². The summed E-state index contributed by atoms with van der Waals surface area (Å²) in [6, 6.07) is 12.7. The SMILES string of the molecule is O=C(O)c1cccc(C#Cc2ccc(C3C4CC5CC(C4)CC3C5)cc2)c1C(=O)O. The minimum absolute atomic E-state index is 0.215. The van der Waals surface area contributed by atoms with Crippen LogP contribution in [0.15, 0.2) is 42.5 Å². The van der Waals surface area contributed by atoms with Crippen molar-refractivity contribution in [3.05, 3.63) is 70.3 Å². The smallest absolute Gasteiger partial charge is 0.337 e. The highest BCUT2D eigenvalue weighted by molar-refractivity contribution is 6.03. The summed E-state index contributed by atoms with van der Waals surface area (Å²) in [6.07, 6.45) is 7.00. The van der Waals surface area contributed by atoms with Gasteiger partial charge >= 0.3 is 11.9 Å². The van der Waals surface area contributed by atoms with Crippen molar-refractivity contribution >= 4 is 11.9 Å². The maximum atomic E-state index is 11.6. The summed E-state index contributed by atoms with van der Waals surface area (Å²) in [5.74, 6) is 7.57. The third kappa shape index (κ3) is 3.29. The predicted molar refractivity (Wildman–Crippen MR) is 113 cm³/mol. The summed E-state index contributed by atoms with van der Waals surface area (Å²) in [4.78, 5) is 22.9. The van der Waals surface area contributed by atoms with E-state index in [4.69, 9.17) is 0 Å². The maximum absolute atomic E-state index is 11.6. The Morgan fingerprint density at radius 1 is 0.767 bits per heavy atom. The van der Waals surface area contributed by atoms with Gasteiger partial charge < -0.3 is 10.2 Å². The molecule has 0 saturated heterocycles. The molecular weight excluding hydrogens is 376 g/mol. The van der Waals surface area contributed by atoms with Crippen molar-refractivity contribution in [1.29, 1.82) is 0 Å². The van der Waals surface area contributed by atoms with E-state index in [2.05, 4.69) is 24.0 Å². The van der Waals surface area contributed by atoms with Crippen molar-refractivity contribution in [2.75, 3.05) is 0 Å². The van der Waals surface area contributed by atoms with E-state index in [-0.39, 0.29) is 16.7 Å². The van der Waals surface area contributed by atoms with Gasteiger partial charge in [0.15, 0.2) is 0 Å². The van der Waals surface area contributed by atoms with Gasteiger partial charge in [-0.1, -0.05) is 30.0 Å². The molecule has 0 amide bonds. The number of carbonyl (C=O) groups is 2. The standard InChI is InChI=1S/C26H24O4/c27-25(28)22-3-1-2-18(24(22)26(29)30)7-4-15-5-8-19(9-6-15)23-20-11-16-10-17(13-20)14-21(23)12-16/h1-3,5-6,8-9,16-17,20-21,23H,10-14H2,(H,27,28)(H,29,30). The Bertz CT molecular complexity index is 1040. The highest BCUT2D eigenvalue weighted by Crippen LogP contribution is 2.59. The Morgan fingerprint density at radius 2 is 1.40 bits per heavy atom. The Kier molecular flexibility index (Phi) is 4.62. The molecule has 152 valence electrons. The zero-order valence-corrected chi connectivity index (χ0v) is 16.7. The molecule has 4 bridgehead atoms. The molecule has 30 heavy (non-hydrogen) atoms. The second kappa shape index (κ2) is 7.32. The van der Waals surface area contributed by atoms with Gasteiger partial charge in [0.1, 0.15) is 0 Å². The average molecular weight is 400 g/mol. The molecule has 4 nitrogen and oxygen atoms in total. The number of rotatable bonds is 3. The van der Waals surface area contributed by atoms with E-state index < -0.39 is 11.9 Å². The number of aromatic carboxylic acids is 2. The topological polar surface area (TPSA) is 74.6 Å². The Labute approximate surface area is 175 Å². The summed E-state index contributed by atoms with van der Waals surface area (Å²) < 4.78 is 0. The molecule has 2 aromatic rings. The van der Waals surface area contributed by atoms with E-state index in [9.17, 15) is 19.8 Å². The van der Waals surface area contributed by atoms with Crippen LogP contribution in [0.4, 0.5) is 0 Å². The normalized spacial score (nSPS) is 28.6. The quantitative estimate of drug-likeness (QED) is 0.709. The van der Waals surface area contributed by atoms with Crippen LogP contribution in [0.1, 0.15) is 75.4 Å². The van der Waals surface area contributed by atoms with Crippen LogP contribution >= 0.6 is 0 Å². The third-order valence-electron chi connectivity index (χ3n) is 7.37. The van der Waals surface area contributed by atoms with Gasteiger partial charge in [-0.3, -0.25) is 0 Å². The third-order valence-corrected chi connectivity index (χ3v) is 7.37. The van der Waals surface area contributed by atoms with Crippen LogP contribution < -0.4 is 0 Å². The monoisotopic (exact) mass is 400 g/mol. The molecule has 6 rings (SSSR count). The van der Waals surface area contributed by atoms with Gasteiger partial charge in [0, 0.05) is 11.1 Å². The molecule has 0 aromatic heterocycles. The lowest BCUT2D eigenvalue weighted by Crippen LogP contribution is -2.43. The van der Waals surface area contributed by atoms with E-state index in [1.165, 1.54) is 49.8 Å². The zero-order valence-electron chi connectivity index (χ0n) is 16.7. The Hall–Kier alpha value is -3.06. The van der Waals surface area contributed by atoms with Gasteiger partial charge in [0.25, 0.3) is 0 Å². The average Bonchev–Trinajstić information content (AvgIpc) is 2.72. The largest absolute Gasteiger partial charge is 0.478 e. The molecule has 4 heteroatoms. The minimum atomic E-state index is -1.28. The highest BCUT2D eigenvalue weighted by atomic mass is 16.4. The molecule has 0 spiro atoms. The van der Waals surface area contributed by atoms with E-state index in [1.54, 1.807) is 6.07 Å². The molecule has 0 unspecified atom stereocenters. The lowest BCUT2D eigenvalue weighted by molar-refractivity contribution is -0.00278. The Balaban J connectivity index is 1.40. The van der Waals surface area contributed by atoms with Crippen LogP contribution in [0.3, 0.4) is 0 Å². The summed E-state index contributed by atoms with van der Waals surface area (Å²) in [5.41, 5.74) is 1.93. The van der Waals surface area contributed by atoms with Crippen LogP contribution in [0.25, 0.3) is 0 Å². The molecule has 2 aromatic carbocycles. The molecule has 0 aliphatic heterocycles. The van der Waals surface area contributed by atoms with Crippen LogP contribution in [-0.4, -0.2) is 22.2 Å². The first-order valence-electron chi connectivity index (χ1n) is 10.7.